The lowest BCUT2D eigenvalue weighted by atomic mass is 10.1. The van der Waals surface area contributed by atoms with Crippen molar-refractivity contribution in [1.82, 2.24) is 9.80 Å². The molecule has 2 N–H and O–H groups in total. The van der Waals surface area contributed by atoms with Crippen LogP contribution in [0, 0.1) is 0 Å². The number of hydrogen-bond donors (Lipinski definition) is 1. The Bertz CT molecular complexity index is 502. The number of thiocarbonyl (C=S) groups is 1. The van der Waals surface area contributed by atoms with Gasteiger partial charge in [0.15, 0.2) is 0 Å². The van der Waals surface area contributed by atoms with E-state index in [4.69, 9.17) is 41.2 Å². The molecule has 1 aliphatic heterocycles. The molecule has 1 aliphatic rings. The topological polar surface area (TPSA) is 32.5 Å². The minimum absolute atomic E-state index is 0.219. The molecule has 1 atom stereocenters. The van der Waals surface area contributed by atoms with Gasteiger partial charge in [-0.05, 0) is 30.2 Å². The van der Waals surface area contributed by atoms with Crippen molar-refractivity contribution in [2.24, 2.45) is 5.73 Å². The highest BCUT2D eigenvalue weighted by Crippen LogP contribution is 2.22. The predicted molar refractivity (Wildman–Crippen MR) is 94.2 cm³/mol. The number of halogens is 2. The first kappa shape index (κ1) is 17.0. The predicted octanol–water partition coefficient (Wildman–Crippen LogP) is 3.18. The summed E-state index contributed by atoms with van der Waals surface area (Å²) in [6, 6.07) is 5.84. The summed E-state index contributed by atoms with van der Waals surface area (Å²) in [6.45, 7) is 6.89. The number of rotatable bonds is 5. The number of nitrogens with two attached hydrogens (primary N) is 1. The van der Waals surface area contributed by atoms with Crippen LogP contribution in [0.4, 0.5) is 0 Å². The van der Waals surface area contributed by atoms with E-state index in [2.05, 4.69) is 16.7 Å². The molecular weight excluding hydrogens is 325 g/mol. The molecule has 1 fully saturated rings. The first-order chi connectivity index (χ1) is 10.0. The SMILES string of the molecule is CCC(C(N)=S)N1CCN(Cc2cc(Cl)ccc2Cl)CC1. The van der Waals surface area contributed by atoms with Crippen LogP contribution in [0.15, 0.2) is 18.2 Å². The van der Waals surface area contributed by atoms with Gasteiger partial charge in [0, 0.05) is 42.8 Å². The molecule has 1 aromatic carbocycles. The Morgan fingerprint density at radius 1 is 1.29 bits per heavy atom. The minimum Gasteiger partial charge on any atom is -0.392 e. The molecule has 0 amide bonds. The third kappa shape index (κ3) is 4.54. The van der Waals surface area contributed by atoms with Gasteiger partial charge in [-0.3, -0.25) is 9.80 Å². The molecule has 116 valence electrons. The highest BCUT2D eigenvalue weighted by atomic mass is 35.5. The van der Waals surface area contributed by atoms with Crippen molar-refractivity contribution < 1.29 is 0 Å². The molecule has 0 saturated carbocycles. The molecule has 0 bridgehead atoms. The van der Waals surface area contributed by atoms with E-state index in [0.717, 1.165) is 54.8 Å². The molecule has 1 saturated heterocycles. The third-order valence-corrected chi connectivity index (χ3v) is 4.84. The van der Waals surface area contributed by atoms with Gasteiger partial charge in [0.2, 0.25) is 0 Å². The Morgan fingerprint density at radius 2 is 1.95 bits per heavy atom. The maximum absolute atomic E-state index is 6.23. The molecular formula is C15H21Cl2N3S. The second-order valence-corrected chi connectivity index (χ2v) is 6.69. The first-order valence-corrected chi connectivity index (χ1v) is 8.37. The minimum atomic E-state index is 0.219. The van der Waals surface area contributed by atoms with E-state index in [1.54, 1.807) is 0 Å². The van der Waals surface area contributed by atoms with Crippen molar-refractivity contribution in [3.05, 3.63) is 33.8 Å². The lowest BCUT2D eigenvalue weighted by Gasteiger charge is -2.38. The van der Waals surface area contributed by atoms with Crippen LogP contribution in [-0.2, 0) is 6.54 Å². The smallest absolute Gasteiger partial charge is 0.0901 e. The van der Waals surface area contributed by atoms with Gasteiger partial charge in [-0.2, -0.15) is 0 Å². The standard InChI is InChI=1S/C15H21Cl2N3S/c1-2-14(15(18)21)20-7-5-19(6-8-20)10-11-9-12(16)3-4-13(11)17/h3-4,9,14H,2,5-8,10H2,1H3,(H2,18,21). The first-order valence-electron chi connectivity index (χ1n) is 7.21. The Labute approximate surface area is 142 Å². The Balaban J connectivity index is 1.92. The van der Waals surface area contributed by atoms with Crippen molar-refractivity contribution >= 4 is 40.4 Å². The second-order valence-electron chi connectivity index (χ2n) is 5.37. The molecule has 21 heavy (non-hydrogen) atoms. The van der Waals surface area contributed by atoms with Gasteiger partial charge in [-0.15, -0.1) is 0 Å². The highest BCUT2D eigenvalue weighted by Gasteiger charge is 2.24. The monoisotopic (exact) mass is 345 g/mol. The average molecular weight is 346 g/mol. The molecule has 1 unspecified atom stereocenters. The van der Waals surface area contributed by atoms with E-state index < -0.39 is 0 Å². The van der Waals surface area contributed by atoms with Crippen molar-refractivity contribution in [1.29, 1.82) is 0 Å². The van der Waals surface area contributed by atoms with E-state index in [-0.39, 0.29) is 6.04 Å². The maximum Gasteiger partial charge on any atom is 0.0901 e. The van der Waals surface area contributed by atoms with Gasteiger partial charge in [0.05, 0.1) is 11.0 Å². The van der Waals surface area contributed by atoms with Gasteiger partial charge < -0.3 is 5.73 Å². The molecule has 6 heteroatoms. The van der Waals surface area contributed by atoms with Crippen LogP contribution in [0.25, 0.3) is 0 Å². The van der Waals surface area contributed by atoms with E-state index in [0.29, 0.717) is 4.99 Å². The maximum atomic E-state index is 6.23. The van der Waals surface area contributed by atoms with E-state index in [1.165, 1.54) is 0 Å². The average Bonchev–Trinajstić information content (AvgIpc) is 2.45. The summed E-state index contributed by atoms with van der Waals surface area (Å²) in [5, 5.41) is 1.50. The van der Waals surface area contributed by atoms with Crippen LogP contribution < -0.4 is 5.73 Å². The van der Waals surface area contributed by atoms with Gasteiger partial charge in [0.1, 0.15) is 0 Å². The quantitative estimate of drug-likeness (QED) is 0.830. The Kier molecular flexibility index (Phi) is 6.26. The van der Waals surface area contributed by atoms with Gasteiger partial charge in [-0.25, -0.2) is 0 Å². The summed E-state index contributed by atoms with van der Waals surface area (Å²) in [7, 11) is 0. The normalized spacial score (nSPS) is 18.6. The molecule has 2 rings (SSSR count). The van der Waals surface area contributed by atoms with Gasteiger partial charge in [-0.1, -0.05) is 42.3 Å². The summed E-state index contributed by atoms with van der Waals surface area (Å²) in [5.74, 6) is 0. The van der Waals surface area contributed by atoms with Crippen molar-refractivity contribution in [2.75, 3.05) is 26.2 Å². The summed E-state index contributed by atoms with van der Waals surface area (Å²) < 4.78 is 0. The van der Waals surface area contributed by atoms with Gasteiger partial charge >= 0.3 is 0 Å². The van der Waals surface area contributed by atoms with Gasteiger partial charge in [0.25, 0.3) is 0 Å². The molecule has 3 nitrogen and oxygen atoms in total. The van der Waals surface area contributed by atoms with E-state index in [1.807, 2.05) is 18.2 Å². The number of benzene rings is 1. The Hall–Kier alpha value is -0.390. The molecule has 0 radical (unpaired) electrons. The fourth-order valence-electron chi connectivity index (χ4n) is 2.78. The third-order valence-electron chi connectivity index (χ3n) is 3.96. The summed E-state index contributed by atoms with van der Waals surface area (Å²) in [4.78, 5) is 5.36. The van der Waals surface area contributed by atoms with Crippen molar-refractivity contribution in [2.45, 2.75) is 25.9 Å². The molecule has 0 spiro atoms. The zero-order valence-corrected chi connectivity index (χ0v) is 14.5. The molecule has 1 heterocycles. The van der Waals surface area contributed by atoms with E-state index >= 15 is 0 Å². The van der Waals surface area contributed by atoms with Crippen LogP contribution in [0.2, 0.25) is 10.0 Å². The zero-order valence-electron chi connectivity index (χ0n) is 12.2. The van der Waals surface area contributed by atoms with E-state index in [9.17, 15) is 0 Å². The van der Waals surface area contributed by atoms with Crippen LogP contribution in [0.5, 0.6) is 0 Å². The molecule has 0 aliphatic carbocycles. The molecule has 0 aromatic heterocycles. The lowest BCUT2D eigenvalue weighted by molar-refractivity contribution is 0.112. The fourth-order valence-corrected chi connectivity index (χ4v) is 3.47. The summed E-state index contributed by atoms with van der Waals surface area (Å²) in [5.41, 5.74) is 6.90. The van der Waals surface area contributed by atoms with Crippen LogP contribution in [0.3, 0.4) is 0 Å². The molecule has 1 aromatic rings. The van der Waals surface area contributed by atoms with Crippen LogP contribution in [-0.4, -0.2) is 47.0 Å². The number of nitrogens with zero attached hydrogens (tertiary/aromatic N) is 2. The number of hydrogen-bond acceptors (Lipinski definition) is 3. The highest BCUT2D eigenvalue weighted by molar-refractivity contribution is 7.80. The van der Waals surface area contributed by atoms with Crippen LogP contribution in [0.1, 0.15) is 18.9 Å². The number of piperazine rings is 1. The summed E-state index contributed by atoms with van der Waals surface area (Å²) in [6.07, 6.45) is 0.968. The van der Waals surface area contributed by atoms with Crippen molar-refractivity contribution in [3.63, 3.8) is 0 Å². The zero-order chi connectivity index (χ0) is 15.4. The Morgan fingerprint density at radius 3 is 2.52 bits per heavy atom. The largest absolute Gasteiger partial charge is 0.392 e. The van der Waals surface area contributed by atoms with Crippen LogP contribution >= 0.6 is 35.4 Å². The second kappa shape index (κ2) is 7.75. The summed E-state index contributed by atoms with van der Waals surface area (Å²) >= 11 is 17.4. The lowest BCUT2D eigenvalue weighted by Crippen LogP contribution is -2.53. The van der Waals surface area contributed by atoms with Crippen molar-refractivity contribution in [3.8, 4) is 0 Å². The fraction of sp³-hybridized carbons (Fsp3) is 0.533.